The number of fused-ring (bicyclic) bond motifs is 1. The zero-order valence-electron chi connectivity index (χ0n) is 21.2. The fraction of sp³-hybridized carbons (Fsp3) is 0.207. The number of sulfone groups is 1. The second kappa shape index (κ2) is 11.3. The summed E-state index contributed by atoms with van der Waals surface area (Å²) in [6.07, 6.45) is -0.860. The van der Waals surface area contributed by atoms with Crippen molar-refractivity contribution in [1.82, 2.24) is 10.2 Å². The minimum absolute atomic E-state index is 0.160. The second-order valence-electron chi connectivity index (χ2n) is 9.27. The largest absolute Gasteiger partial charge is 0.484 e. The van der Waals surface area contributed by atoms with E-state index in [2.05, 4.69) is 5.32 Å². The summed E-state index contributed by atoms with van der Waals surface area (Å²) in [5.74, 6) is -2.72. The third-order valence-corrected chi connectivity index (χ3v) is 8.58. The molecule has 3 aromatic carbocycles. The first-order valence-electron chi connectivity index (χ1n) is 12.5. The Kier molecular flexibility index (Phi) is 7.67. The second-order valence-corrected chi connectivity index (χ2v) is 11.4. The molecule has 2 amide bonds. The van der Waals surface area contributed by atoms with Crippen molar-refractivity contribution in [3.63, 3.8) is 0 Å². The van der Waals surface area contributed by atoms with Gasteiger partial charge in [-0.3, -0.25) is 14.5 Å². The fourth-order valence-corrected chi connectivity index (χ4v) is 6.77. The molecule has 2 heterocycles. The predicted molar refractivity (Wildman–Crippen MR) is 143 cm³/mol. The highest BCUT2D eigenvalue weighted by molar-refractivity contribution is 7.92. The van der Waals surface area contributed by atoms with E-state index in [1.165, 1.54) is 0 Å². The van der Waals surface area contributed by atoms with E-state index in [4.69, 9.17) is 9.47 Å². The number of β-lactam (4-membered cyclic amide) rings is 1. The molecule has 11 heteroatoms. The molecule has 0 saturated carbocycles. The number of nitrogens with one attached hydrogen (secondary N) is 1. The van der Waals surface area contributed by atoms with Crippen LogP contribution < -0.4 is 10.1 Å². The molecule has 3 aromatic rings. The van der Waals surface area contributed by atoms with Crippen LogP contribution >= 0.6 is 0 Å². The van der Waals surface area contributed by atoms with Gasteiger partial charge in [0.25, 0.3) is 11.8 Å². The maximum atomic E-state index is 13.6. The van der Waals surface area contributed by atoms with Crippen molar-refractivity contribution in [2.45, 2.75) is 17.5 Å². The Bertz CT molecular complexity index is 1500. The topological polar surface area (TPSA) is 139 Å². The molecule has 2 atom stereocenters. The number of para-hydroxylation sites is 1. The van der Waals surface area contributed by atoms with Gasteiger partial charge in [0.05, 0.1) is 12.4 Å². The summed E-state index contributed by atoms with van der Waals surface area (Å²) < 4.78 is 37.4. The summed E-state index contributed by atoms with van der Waals surface area (Å²) in [6.45, 7) is -1.22. The van der Waals surface area contributed by atoms with Gasteiger partial charge in [0.1, 0.15) is 17.5 Å². The average Bonchev–Trinajstić information content (AvgIpc) is 2.98. The zero-order chi connectivity index (χ0) is 28.3. The van der Waals surface area contributed by atoms with Crippen molar-refractivity contribution in [1.29, 1.82) is 0 Å². The Morgan fingerprint density at radius 1 is 0.925 bits per heavy atom. The quantitative estimate of drug-likeness (QED) is 0.297. The van der Waals surface area contributed by atoms with Gasteiger partial charge in [0, 0.05) is 5.57 Å². The molecule has 10 nitrogen and oxygen atoms in total. The summed E-state index contributed by atoms with van der Waals surface area (Å²) in [4.78, 5) is 40.0. The van der Waals surface area contributed by atoms with Gasteiger partial charge in [-0.15, -0.1) is 0 Å². The number of rotatable bonds is 9. The zero-order valence-corrected chi connectivity index (χ0v) is 22.0. The maximum absolute atomic E-state index is 13.6. The molecule has 2 N–H and O–H groups in total. The van der Waals surface area contributed by atoms with Crippen LogP contribution in [0.2, 0.25) is 0 Å². The number of aliphatic hydroxyl groups is 1. The monoisotopic (exact) mass is 562 g/mol. The van der Waals surface area contributed by atoms with E-state index in [1.807, 2.05) is 12.1 Å². The Hall–Kier alpha value is -4.48. The van der Waals surface area contributed by atoms with Gasteiger partial charge >= 0.3 is 5.97 Å². The number of amides is 2. The van der Waals surface area contributed by atoms with E-state index in [9.17, 15) is 27.9 Å². The first-order chi connectivity index (χ1) is 19.3. The fourth-order valence-electron chi connectivity index (χ4n) is 4.76. The normalized spacial score (nSPS) is 19.4. The van der Waals surface area contributed by atoms with Gasteiger partial charge in [-0.2, -0.15) is 0 Å². The molecule has 206 valence electrons. The Balaban J connectivity index is 1.38. The number of hydrogen-bond acceptors (Lipinski definition) is 8. The van der Waals surface area contributed by atoms with Crippen molar-refractivity contribution in [3.05, 3.63) is 113 Å². The number of aliphatic hydroxyl groups excluding tert-OH is 1. The number of benzene rings is 3. The summed E-state index contributed by atoms with van der Waals surface area (Å²) in [6, 6.07) is 25.0. The van der Waals surface area contributed by atoms with Crippen LogP contribution in [0.3, 0.4) is 0 Å². The van der Waals surface area contributed by atoms with Crippen LogP contribution in [0.5, 0.6) is 5.75 Å². The lowest BCUT2D eigenvalue weighted by Crippen LogP contribution is -2.75. The van der Waals surface area contributed by atoms with E-state index in [1.54, 1.807) is 78.9 Å². The Morgan fingerprint density at radius 2 is 1.48 bits per heavy atom. The van der Waals surface area contributed by atoms with E-state index >= 15 is 0 Å². The molecule has 0 radical (unpaired) electrons. The summed E-state index contributed by atoms with van der Waals surface area (Å²) >= 11 is 0. The molecule has 1 saturated heterocycles. The Morgan fingerprint density at radius 3 is 2.02 bits per heavy atom. The highest BCUT2D eigenvalue weighted by Gasteiger charge is 2.60. The summed E-state index contributed by atoms with van der Waals surface area (Å²) in [5.41, 5.74) is 0.820. The lowest BCUT2D eigenvalue weighted by Gasteiger charge is -2.49. The lowest BCUT2D eigenvalue weighted by molar-refractivity contribution is -0.155. The van der Waals surface area contributed by atoms with E-state index in [0.717, 1.165) is 4.90 Å². The van der Waals surface area contributed by atoms with Crippen molar-refractivity contribution >= 4 is 27.6 Å². The molecule has 0 spiro atoms. The predicted octanol–water partition coefficient (Wildman–Crippen LogP) is 1.73. The van der Waals surface area contributed by atoms with Crippen molar-refractivity contribution in [2.24, 2.45) is 0 Å². The van der Waals surface area contributed by atoms with Gasteiger partial charge in [-0.25, -0.2) is 13.2 Å². The van der Waals surface area contributed by atoms with Crippen LogP contribution in [0.4, 0.5) is 0 Å². The minimum Gasteiger partial charge on any atom is -0.484 e. The molecule has 1 fully saturated rings. The molecule has 40 heavy (non-hydrogen) atoms. The van der Waals surface area contributed by atoms with Crippen LogP contribution in [0.15, 0.2) is 102 Å². The van der Waals surface area contributed by atoms with Crippen molar-refractivity contribution < 1.29 is 37.4 Å². The molecule has 0 aromatic heterocycles. The van der Waals surface area contributed by atoms with Crippen molar-refractivity contribution in [3.8, 4) is 5.75 Å². The van der Waals surface area contributed by atoms with Gasteiger partial charge in [-0.05, 0) is 23.3 Å². The van der Waals surface area contributed by atoms with E-state index < -0.39 is 64.1 Å². The first-order valence-corrected chi connectivity index (χ1v) is 14.2. The summed E-state index contributed by atoms with van der Waals surface area (Å²) in [7, 11) is -4.06. The molecule has 0 aliphatic carbocycles. The SMILES string of the molecule is O=C(COc1ccccc1)N[C@H]1C(=O)N2C(C(=O)OC(c3ccccc3)c3ccccc3)=C(CO)CS(=O)(=O)[C@H]12. The molecule has 0 bridgehead atoms. The standard InChI is InChI=1S/C29H26N2O8S/c32-16-21-18-40(36,37)28-24(30-23(33)17-38-22-14-8-3-9-15-22)27(34)31(28)25(21)29(35)39-26(19-10-4-1-5-11-19)20-12-6-2-7-13-20/h1-15,24,26,28,32H,16-18H2,(H,30,33)/t24-,28+/m0/s1. The number of nitrogens with zero attached hydrogens (tertiary/aromatic N) is 1. The third kappa shape index (κ3) is 5.33. The molecule has 2 aliphatic rings. The van der Waals surface area contributed by atoms with Crippen LogP contribution in [-0.2, 0) is 29.0 Å². The average molecular weight is 563 g/mol. The summed E-state index contributed by atoms with van der Waals surface area (Å²) in [5, 5.41) is 10.8. The van der Waals surface area contributed by atoms with Crippen LogP contribution in [0.1, 0.15) is 17.2 Å². The molecule has 2 aliphatic heterocycles. The maximum Gasteiger partial charge on any atom is 0.356 e. The first kappa shape index (κ1) is 27.1. The number of esters is 1. The Labute approximate surface area is 230 Å². The number of ether oxygens (including phenoxy) is 2. The van der Waals surface area contributed by atoms with Gasteiger partial charge < -0.3 is 19.9 Å². The van der Waals surface area contributed by atoms with Gasteiger partial charge in [-0.1, -0.05) is 78.9 Å². The highest BCUT2D eigenvalue weighted by Crippen LogP contribution is 2.38. The van der Waals surface area contributed by atoms with Gasteiger partial charge in [0.2, 0.25) is 0 Å². The number of hydrogen-bond donors (Lipinski definition) is 2. The van der Waals surface area contributed by atoms with Gasteiger partial charge in [0.15, 0.2) is 27.9 Å². The van der Waals surface area contributed by atoms with Crippen LogP contribution in [0.25, 0.3) is 0 Å². The highest BCUT2D eigenvalue weighted by atomic mass is 32.2. The van der Waals surface area contributed by atoms with Crippen LogP contribution in [-0.4, -0.2) is 66.6 Å². The van der Waals surface area contributed by atoms with E-state index in [-0.39, 0.29) is 11.3 Å². The van der Waals surface area contributed by atoms with Crippen LogP contribution in [0, 0.1) is 0 Å². The molecular formula is C29H26N2O8S. The smallest absolute Gasteiger partial charge is 0.356 e. The number of carbonyl (C=O) groups is 3. The van der Waals surface area contributed by atoms with E-state index in [0.29, 0.717) is 16.9 Å². The molecule has 0 unspecified atom stereocenters. The minimum atomic E-state index is -4.06. The lowest BCUT2D eigenvalue weighted by atomic mass is 10.0. The molecular weight excluding hydrogens is 536 g/mol. The third-order valence-electron chi connectivity index (χ3n) is 6.61. The number of carbonyl (C=O) groups excluding carboxylic acids is 3. The molecule has 5 rings (SSSR count). The van der Waals surface area contributed by atoms with Crippen molar-refractivity contribution in [2.75, 3.05) is 19.0 Å².